The van der Waals surface area contributed by atoms with Gasteiger partial charge in [-0.05, 0) is 0 Å². The van der Waals surface area contributed by atoms with Gasteiger partial charge < -0.3 is 5.11 Å². The Balaban J connectivity index is 0. The molecule has 0 unspecified atom stereocenters. The van der Waals surface area contributed by atoms with Crippen LogP contribution in [0.5, 0.6) is 0 Å². The second-order valence-corrected chi connectivity index (χ2v) is 5.16. The maximum atomic E-state index is 9.63. The van der Waals surface area contributed by atoms with E-state index in [1.807, 2.05) is 13.8 Å². The van der Waals surface area contributed by atoms with E-state index in [9.17, 15) is 5.11 Å². The Kier molecular flexibility index (Phi) is 17.5. The van der Waals surface area contributed by atoms with Crippen molar-refractivity contribution in [2.24, 2.45) is 5.92 Å². The second kappa shape index (κ2) is 14.0. The molecule has 0 aliphatic carbocycles. The van der Waals surface area contributed by atoms with Crippen LogP contribution in [0.15, 0.2) is 0 Å². The van der Waals surface area contributed by atoms with Gasteiger partial charge in [-0.25, -0.2) is 0 Å². The van der Waals surface area contributed by atoms with E-state index < -0.39 is 0 Å². The molecule has 0 aromatic heterocycles. The van der Waals surface area contributed by atoms with Gasteiger partial charge in [0.1, 0.15) is 0 Å². The third-order valence-corrected chi connectivity index (χ3v) is 3.29. The number of hydrogen-bond acceptors (Lipinski definition) is 1. The number of rotatable bonds is 5. The molecule has 0 bridgehead atoms. The van der Waals surface area contributed by atoms with E-state index in [2.05, 4.69) is 13.8 Å². The van der Waals surface area contributed by atoms with Gasteiger partial charge in [0.25, 0.3) is 0 Å². The van der Waals surface area contributed by atoms with Crippen LogP contribution < -0.4 is 5.11 Å². The van der Waals surface area contributed by atoms with E-state index in [4.69, 9.17) is 0 Å². The minimum atomic E-state index is 0.0556. The Labute approximate surface area is 84.3 Å². The van der Waals surface area contributed by atoms with E-state index in [0.717, 1.165) is 15.2 Å². The zero-order valence-electron chi connectivity index (χ0n) is 9.10. The van der Waals surface area contributed by atoms with Crippen molar-refractivity contribution in [3.8, 4) is 0 Å². The quantitative estimate of drug-likeness (QED) is 0.477. The molecule has 72 valence electrons. The molecule has 0 aromatic carbocycles. The summed E-state index contributed by atoms with van der Waals surface area (Å²) in [6, 6.07) is 0. The molecule has 0 aliphatic rings. The van der Waals surface area contributed by atoms with Crippen molar-refractivity contribution in [1.82, 2.24) is 0 Å². The molecule has 0 rings (SSSR count). The monoisotopic (exact) mass is 186 g/mol. The van der Waals surface area contributed by atoms with E-state index >= 15 is 0 Å². The average molecular weight is 186 g/mol. The Morgan fingerprint density at radius 2 is 1.42 bits per heavy atom. The SMILES string of the molecule is CC(C)C[O-].CC[CH2][Al+][CH2]CC. The van der Waals surface area contributed by atoms with Crippen molar-refractivity contribution < 1.29 is 5.11 Å². The molecule has 0 atom stereocenters. The second-order valence-electron chi connectivity index (χ2n) is 3.43. The fourth-order valence-electron chi connectivity index (χ4n) is 0.553. The van der Waals surface area contributed by atoms with E-state index in [0.29, 0.717) is 5.92 Å². The molecule has 0 fully saturated rings. The van der Waals surface area contributed by atoms with Crippen molar-refractivity contribution in [2.45, 2.75) is 51.1 Å². The van der Waals surface area contributed by atoms with Gasteiger partial charge in [0, 0.05) is 0 Å². The Bertz CT molecular complexity index is 60.9. The Morgan fingerprint density at radius 3 is 1.58 bits per heavy atom. The summed E-state index contributed by atoms with van der Waals surface area (Å²) in [4.78, 5) is 0. The van der Waals surface area contributed by atoms with Crippen molar-refractivity contribution in [1.29, 1.82) is 0 Å². The molecule has 0 aromatic rings. The zero-order valence-corrected chi connectivity index (χ0v) is 10.3. The normalized spacial score (nSPS) is 8.83. The molecule has 0 radical (unpaired) electrons. The van der Waals surface area contributed by atoms with Crippen molar-refractivity contribution >= 4 is 15.2 Å². The summed E-state index contributed by atoms with van der Waals surface area (Å²) < 4.78 is 0. The van der Waals surface area contributed by atoms with Gasteiger partial charge >= 0.3 is 52.5 Å². The fourth-order valence-corrected chi connectivity index (χ4v) is 1.66. The van der Waals surface area contributed by atoms with Crippen LogP contribution in [0.2, 0.25) is 10.6 Å². The van der Waals surface area contributed by atoms with Gasteiger partial charge in [0.15, 0.2) is 0 Å². The molecule has 2 heteroatoms. The first-order chi connectivity index (χ1) is 5.68. The van der Waals surface area contributed by atoms with Gasteiger partial charge in [-0.1, -0.05) is 19.8 Å². The predicted octanol–water partition coefficient (Wildman–Crippen LogP) is 2.35. The molecule has 0 saturated carbocycles. The molecule has 0 amide bonds. The van der Waals surface area contributed by atoms with Crippen LogP contribution >= 0.6 is 0 Å². The molecule has 0 heterocycles. The van der Waals surface area contributed by atoms with Crippen LogP contribution in [0.4, 0.5) is 0 Å². The zero-order chi connectivity index (χ0) is 9.82. The van der Waals surface area contributed by atoms with Gasteiger partial charge in [0.2, 0.25) is 0 Å². The van der Waals surface area contributed by atoms with Crippen LogP contribution in [0, 0.1) is 5.92 Å². The van der Waals surface area contributed by atoms with Gasteiger partial charge in [-0.15, -0.1) is 6.61 Å². The van der Waals surface area contributed by atoms with Crippen molar-refractivity contribution in [3.05, 3.63) is 0 Å². The van der Waals surface area contributed by atoms with Crippen molar-refractivity contribution in [2.75, 3.05) is 6.61 Å². The van der Waals surface area contributed by atoms with Crippen LogP contribution in [-0.4, -0.2) is 21.8 Å². The van der Waals surface area contributed by atoms with Crippen LogP contribution in [0.25, 0.3) is 0 Å². The van der Waals surface area contributed by atoms with Gasteiger partial charge in [0.05, 0.1) is 0 Å². The van der Waals surface area contributed by atoms with Crippen LogP contribution in [0.3, 0.4) is 0 Å². The summed E-state index contributed by atoms with van der Waals surface area (Å²) in [5.74, 6) is 0.329. The first-order valence-electron chi connectivity index (χ1n) is 5.08. The number of hydrogen-bond donors (Lipinski definition) is 0. The molecule has 0 aliphatic heterocycles. The predicted molar refractivity (Wildman–Crippen MR) is 55.7 cm³/mol. The van der Waals surface area contributed by atoms with E-state index in [1.165, 1.54) is 23.4 Å². The van der Waals surface area contributed by atoms with Gasteiger partial charge in [-0.3, -0.25) is 0 Å². The van der Waals surface area contributed by atoms with E-state index in [1.54, 1.807) is 0 Å². The molecule has 0 saturated heterocycles. The molecule has 0 N–H and O–H groups in total. The van der Waals surface area contributed by atoms with Gasteiger partial charge in [-0.2, -0.15) is 0 Å². The maximum absolute atomic E-state index is 9.63. The average Bonchev–Trinajstić information content (AvgIpc) is 2.07. The van der Waals surface area contributed by atoms with Crippen LogP contribution in [-0.2, 0) is 0 Å². The minimum absolute atomic E-state index is 0.0556. The Morgan fingerprint density at radius 1 is 1.08 bits per heavy atom. The third-order valence-electron chi connectivity index (χ3n) is 1.32. The summed E-state index contributed by atoms with van der Waals surface area (Å²) in [6.45, 7) is 8.41. The first-order valence-corrected chi connectivity index (χ1v) is 6.72. The summed E-state index contributed by atoms with van der Waals surface area (Å²) in [7, 11) is 0. The standard InChI is InChI=1S/C4H9O.2C3H7.Al/c1-4(2)3-5;2*1-3-2;/h4H,3H2,1-2H3;2*1,3H2,2H3;/q-1;;;+1. The third kappa shape index (κ3) is 22.4. The molecule has 1 nitrogen and oxygen atoms in total. The summed E-state index contributed by atoms with van der Waals surface area (Å²) in [5.41, 5.74) is 0. The molecular formula is C10H23AlO. The fraction of sp³-hybridized carbons (Fsp3) is 1.00. The van der Waals surface area contributed by atoms with Crippen molar-refractivity contribution in [3.63, 3.8) is 0 Å². The summed E-state index contributed by atoms with van der Waals surface area (Å²) in [6.07, 6.45) is 2.80. The topological polar surface area (TPSA) is 23.1 Å². The Hall–Kier alpha value is 0.492. The molecule has 12 heavy (non-hydrogen) atoms. The molecule has 0 spiro atoms. The summed E-state index contributed by atoms with van der Waals surface area (Å²) in [5, 5.41) is 12.6. The van der Waals surface area contributed by atoms with Crippen LogP contribution in [0.1, 0.15) is 40.5 Å². The van der Waals surface area contributed by atoms with E-state index in [-0.39, 0.29) is 6.61 Å². The first kappa shape index (κ1) is 15.0. The molecular weight excluding hydrogens is 163 g/mol. The summed E-state index contributed by atoms with van der Waals surface area (Å²) >= 11 is 0.822.